The number of carbonyl (C=O) groups excluding carboxylic acids is 1. The molecule has 1 amide bonds. The van der Waals surface area contributed by atoms with Crippen molar-refractivity contribution in [2.24, 2.45) is 0 Å². The second-order valence-corrected chi connectivity index (χ2v) is 6.76. The number of carbonyl (C=O) groups is 1. The maximum absolute atomic E-state index is 13.2. The number of anilines is 1. The van der Waals surface area contributed by atoms with Crippen molar-refractivity contribution in [3.63, 3.8) is 0 Å². The van der Waals surface area contributed by atoms with E-state index in [0.29, 0.717) is 22.5 Å². The Kier molecular flexibility index (Phi) is 4.67. The van der Waals surface area contributed by atoms with Crippen molar-refractivity contribution in [3.05, 3.63) is 82.2 Å². The first-order valence-electron chi connectivity index (χ1n) is 9.00. The number of aryl methyl sites for hydroxylation is 2. The van der Waals surface area contributed by atoms with E-state index < -0.39 is 5.56 Å². The zero-order chi connectivity index (χ0) is 20.5. The van der Waals surface area contributed by atoms with Crippen LogP contribution in [0.1, 0.15) is 11.3 Å². The molecule has 0 unspecified atom stereocenters. The van der Waals surface area contributed by atoms with E-state index in [-0.39, 0.29) is 23.8 Å². The molecule has 4 rings (SSSR count). The summed E-state index contributed by atoms with van der Waals surface area (Å²) in [5.41, 5.74) is 2.66. The predicted octanol–water partition coefficient (Wildman–Crippen LogP) is 2.98. The summed E-state index contributed by atoms with van der Waals surface area (Å²) in [4.78, 5) is 25.4. The zero-order valence-corrected chi connectivity index (χ0v) is 15.9. The average molecular weight is 391 g/mol. The van der Waals surface area contributed by atoms with Gasteiger partial charge >= 0.3 is 0 Å². The zero-order valence-electron chi connectivity index (χ0n) is 15.9. The Balaban J connectivity index is 1.70. The van der Waals surface area contributed by atoms with Gasteiger partial charge in [0.25, 0.3) is 5.56 Å². The Morgan fingerprint density at radius 1 is 1.07 bits per heavy atom. The first kappa shape index (κ1) is 18.5. The number of nitrogens with one attached hydrogen (secondary N) is 1. The number of hydrogen-bond acceptors (Lipinski definition) is 4. The van der Waals surface area contributed by atoms with Crippen LogP contribution in [0.5, 0.6) is 0 Å². The lowest BCUT2D eigenvalue weighted by Crippen LogP contribution is -2.31. The number of benzene rings is 2. The molecule has 0 saturated heterocycles. The third-order valence-electron chi connectivity index (χ3n) is 4.57. The summed E-state index contributed by atoms with van der Waals surface area (Å²) in [6, 6.07) is 13.0. The van der Waals surface area contributed by atoms with Gasteiger partial charge in [0, 0.05) is 11.1 Å². The third kappa shape index (κ3) is 3.64. The van der Waals surface area contributed by atoms with E-state index in [9.17, 15) is 14.0 Å². The van der Waals surface area contributed by atoms with Gasteiger partial charge in [-0.3, -0.25) is 9.59 Å². The SMILES string of the molecule is Cc1ccc(NC(=O)Cn2nc(C)c3cnn(-c4ccc(F)cc4)c3c2=O)cc1. The van der Waals surface area contributed by atoms with Crippen molar-refractivity contribution in [3.8, 4) is 5.69 Å². The second-order valence-electron chi connectivity index (χ2n) is 6.76. The van der Waals surface area contributed by atoms with Crippen LogP contribution in [0.4, 0.5) is 10.1 Å². The Morgan fingerprint density at radius 3 is 2.45 bits per heavy atom. The molecule has 0 atom stereocenters. The van der Waals surface area contributed by atoms with Gasteiger partial charge in [0.2, 0.25) is 5.91 Å². The Labute approximate surface area is 165 Å². The van der Waals surface area contributed by atoms with E-state index in [0.717, 1.165) is 10.2 Å². The smallest absolute Gasteiger partial charge is 0.293 e. The van der Waals surface area contributed by atoms with Crippen LogP contribution in [-0.2, 0) is 11.3 Å². The summed E-state index contributed by atoms with van der Waals surface area (Å²) in [5, 5.41) is 11.8. The van der Waals surface area contributed by atoms with E-state index in [1.807, 2.05) is 19.1 Å². The van der Waals surface area contributed by atoms with Gasteiger partial charge in [-0.2, -0.15) is 10.2 Å². The van der Waals surface area contributed by atoms with Gasteiger partial charge < -0.3 is 5.32 Å². The molecule has 0 fully saturated rings. The first-order chi connectivity index (χ1) is 13.9. The summed E-state index contributed by atoms with van der Waals surface area (Å²) in [6.07, 6.45) is 1.54. The first-order valence-corrected chi connectivity index (χ1v) is 9.00. The highest BCUT2D eigenvalue weighted by atomic mass is 19.1. The molecule has 2 aromatic heterocycles. The van der Waals surface area contributed by atoms with Crippen molar-refractivity contribution in [1.29, 1.82) is 0 Å². The van der Waals surface area contributed by atoms with Crippen LogP contribution < -0.4 is 10.9 Å². The molecule has 146 valence electrons. The van der Waals surface area contributed by atoms with E-state index in [1.165, 1.54) is 28.9 Å². The highest BCUT2D eigenvalue weighted by Gasteiger charge is 2.16. The minimum absolute atomic E-state index is 0.238. The van der Waals surface area contributed by atoms with Gasteiger partial charge in [-0.05, 0) is 50.2 Å². The highest BCUT2D eigenvalue weighted by Crippen LogP contribution is 2.17. The molecular weight excluding hydrogens is 373 g/mol. The second kappa shape index (κ2) is 7.31. The largest absolute Gasteiger partial charge is 0.324 e. The van der Waals surface area contributed by atoms with Gasteiger partial charge in [-0.15, -0.1) is 0 Å². The number of hydrogen-bond donors (Lipinski definition) is 1. The van der Waals surface area contributed by atoms with Crippen molar-refractivity contribution >= 4 is 22.5 Å². The topological polar surface area (TPSA) is 81.8 Å². The summed E-state index contributed by atoms with van der Waals surface area (Å²) in [7, 11) is 0. The molecule has 0 spiro atoms. The fourth-order valence-corrected chi connectivity index (χ4v) is 3.08. The molecule has 0 saturated carbocycles. The van der Waals surface area contributed by atoms with E-state index in [2.05, 4.69) is 15.5 Å². The molecule has 0 aliphatic rings. The predicted molar refractivity (Wildman–Crippen MR) is 108 cm³/mol. The van der Waals surface area contributed by atoms with Crippen molar-refractivity contribution < 1.29 is 9.18 Å². The number of nitrogens with zero attached hydrogens (tertiary/aromatic N) is 4. The van der Waals surface area contributed by atoms with Crippen molar-refractivity contribution in [1.82, 2.24) is 19.6 Å². The summed E-state index contributed by atoms with van der Waals surface area (Å²) in [5.74, 6) is -0.747. The molecule has 0 radical (unpaired) electrons. The molecular formula is C21H18FN5O2. The lowest BCUT2D eigenvalue weighted by Gasteiger charge is -2.09. The molecule has 4 aromatic rings. The van der Waals surface area contributed by atoms with Crippen LogP contribution >= 0.6 is 0 Å². The molecule has 0 bridgehead atoms. The standard InChI is InChI=1S/C21H18FN5O2/c1-13-3-7-16(8-4-13)24-19(28)12-26-21(29)20-18(14(2)25-26)11-23-27(20)17-9-5-15(22)6-10-17/h3-11H,12H2,1-2H3,(H,24,28). The lowest BCUT2D eigenvalue weighted by molar-refractivity contribution is -0.117. The molecule has 2 aromatic carbocycles. The molecule has 8 heteroatoms. The Bertz CT molecular complexity index is 1260. The molecule has 29 heavy (non-hydrogen) atoms. The van der Waals surface area contributed by atoms with Crippen molar-refractivity contribution in [2.75, 3.05) is 5.32 Å². The van der Waals surface area contributed by atoms with E-state index in [4.69, 9.17) is 0 Å². The number of rotatable bonds is 4. The van der Waals surface area contributed by atoms with Gasteiger partial charge in [-0.25, -0.2) is 13.8 Å². The van der Waals surface area contributed by atoms with Gasteiger partial charge in [0.1, 0.15) is 17.9 Å². The quantitative estimate of drug-likeness (QED) is 0.580. The van der Waals surface area contributed by atoms with Crippen LogP contribution in [0.2, 0.25) is 0 Å². The maximum atomic E-state index is 13.2. The summed E-state index contributed by atoms with van der Waals surface area (Å²) < 4.78 is 15.8. The monoisotopic (exact) mass is 391 g/mol. The average Bonchev–Trinajstić information content (AvgIpc) is 3.14. The van der Waals surface area contributed by atoms with Gasteiger partial charge in [-0.1, -0.05) is 17.7 Å². The van der Waals surface area contributed by atoms with Crippen LogP contribution in [0.3, 0.4) is 0 Å². The van der Waals surface area contributed by atoms with Crippen LogP contribution in [0, 0.1) is 19.7 Å². The number of aromatic nitrogens is 4. The molecule has 0 aliphatic heterocycles. The summed E-state index contributed by atoms with van der Waals surface area (Å²) in [6.45, 7) is 3.46. The fourth-order valence-electron chi connectivity index (χ4n) is 3.08. The Hall–Kier alpha value is -3.81. The van der Waals surface area contributed by atoms with E-state index in [1.54, 1.807) is 25.3 Å². The molecule has 2 heterocycles. The lowest BCUT2D eigenvalue weighted by atomic mass is 10.2. The number of amides is 1. The van der Waals surface area contributed by atoms with Crippen LogP contribution in [0.15, 0.2) is 59.5 Å². The summed E-state index contributed by atoms with van der Waals surface area (Å²) >= 11 is 0. The highest BCUT2D eigenvalue weighted by molar-refractivity contribution is 5.90. The van der Waals surface area contributed by atoms with Crippen molar-refractivity contribution in [2.45, 2.75) is 20.4 Å². The number of halogens is 1. The maximum Gasteiger partial charge on any atom is 0.293 e. The molecule has 7 nitrogen and oxygen atoms in total. The number of fused-ring (bicyclic) bond motifs is 1. The van der Waals surface area contributed by atoms with E-state index >= 15 is 0 Å². The molecule has 0 aliphatic carbocycles. The Morgan fingerprint density at radius 2 is 1.76 bits per heavy atom. The third-order valence-corrected chi connectivity index (χ3v) is 4.57. The van der Waals surface area contributed by atoms with Crippen LogP contribution in [-0.4, -0.2) is 25.5 Å². The fraction of sp³-hybridized carbons (Fsp3) is 0.143. The molecule has 1 N–H and O–H groups in total. The van der Waals surface area contributed by atoms with Crippen LogP contribution in [0.25, 0.3) is 16.6 Å². The van der Waals surface area contributed by atoms with Gasteiger partial charge in [0.05, 0.1) is 17.6 Å². The van der Waals surface area contributed by atoms with Gasteiger partial charge in [0.15, 0.2) is 0 Å². The minimum atomic E-state index is -0.452. The minimum Gasteiger partial charge on any atom is -0.324 e. The normalized spacial score (nSPS) is 11.0.